The quantitative estimate of drug-likeness (QED) is 0.506. The van der Waals surface area contributed by atoms with E-state index in [1.54, 1.807) is 17.5 Å². The molecular formula is C14H6Cl4N2OS2. The van der Waals surface area contributed by atoms with Gasteiger partial charge < -0.3 is 0 Å². The molecule has 1 N–H and O–H groups in total. The lowest BCUT2D eigenvalue weighted by Gasteiger charge is -2.03. The number of rotatable bonds is 3. The molecule has 0 spiro atoms. The highest BCUT2D eigenvalue weighted by Gasteiger charge is 2.14. The molecular weight excluding hydrogens is 418 g/mol. The van der Waals surface area contributed by atoms with Gasteiger partial charge in [-0.25, -0.2) is 4.98 Å². The monoisotopic (exact) mass is 422 g/mol. The van der Waals surface area contributed by atoms with E-state index in [0.29, 0.717) is 35.1 Å². The Morgan fingerprint density at radius 1 is 1.04 bits per heavy atom. The van der Waals surface area contributed by atoms with E-state index in [9.17, 15) is 4.79 Å². The topological polar surface area (TPSA) is 42.0 Å². The van der Waals surface area contributed by atoms with Crippen LogP contribution in [0.3, 0.4) is 0 Å². The van der Waals surface area contributed by atoms with E-state index < -0.39 is 0 Å². The number of thiophene rings is 1. The molecule has 2 aromatic heterocycles. The molecule has 0 bridgehead atoms. The molecule has 0 aliphatic rings. The van der Waals surface area contributed by atoms with Crippen molar-refractivity contribution in [2.24, 2.45) is 0 Å². The minimum atomic E-state index is -0.343. The number of carbonyl (C=O) groups excluding carboxylic acids is 1. The Hall–Kier alpha value is -0.820. The van der Waals surface area contributed by atoms with Gasteiger partial charge in [0, 0.05) is 26.6 Å². The molecule has 1 aromatic carbocycles. The standard InChI is InChI=1S/C14H6Cl4N2OS2/c15-7-1-6(2-8(16)3-7)13(21)20-14-19-10(5-22-14)9-4-11(17)23-12(9)18/h1-5H,(H,19,20,21). The number of nitrogens with zero attached hydrogens (tertiary/aromatic N) is 1. The van der Waals surface area contributed by atoms with Crippen LogP contribution in [0.25, 0.3) is 11.3 Å². The molecule has 1 amide bonds. The second kappa shape index (κ2) is 6.97. The zero-order valence-corrected chi connectivity index (χ0v) is 15.7. The zero-order chi connectivity index (χ0) is 16.6. The number of halogens is 4. The van der Waals surface area contributed by atoms with Crippen LogP contribution in [-0.4, -0.2) is 10.9 Å². The molecule has 3 rings (SSSR count). The van der Waals surface area contributed by atoms with E-state index in [-0.39, 0.29) is 5.91 Å². The Morgan fingerprint density at radius 2 is 1.74 bits per heavy atom. The highest BCUT2D eigenvalue weighted by Crippen LogP contribution is 2.39. The smallest absolute Gasteiger partial charge is 0.257 e. The fraction of sp³-hybridized carbons (Fsp3) is 0. The van der Waals surface area contributed by atoms with Crippen LogP contribution < -0.4 is 5.32 Å². The molecule has 3 nitrogen and oxygen atoms in total. The first-order valence-electron chi connectivity index (χ1n) is 6.10. The van der Waals surface area contributed by atoms with Gasteiger partial charge >= 0.3 is 0 Å². The maximum atomic E-state index is 12.2. The molecule has 23 heavy (non-hydrogen) atoms. The van der Waals surface area contributed by atoms with E-state index >= 15 is 0 Å². The second-order valence-electron chi connectivity index (χ2n) is 4.39. The number of carbonyl (C=O) groups is 1. The van der Waals surface area contributed by atoms with Crippen molar-refractivity contribution in [2.75, 3.05) is 5.32 Å². The van der Waals surface area contributed by atoms with Crippen LogP contribution >= 0.6 is 69.1 Å². The van der Waals surface area contributed by atoms with Crippen molar-refractivity contribution in [1.82, 2.24) is 4.98 Å². The molecule has 0 atom stereocenters. The van der Waals surface area contributed by atoms with Gasteiger partial charge in [0.05, 0.1) is 10.0 Å². The number of thiazole rings is 1. The van der Waals surface area contributed by atoms with Gasteiger partial charge in [-0.1, -0.05) is 46.4 Å². The van der Waals surface area contributed by atoms with Gasteiger partial charge in [-0.15, -0.1) is 22.7 Å². The summed E-state index contributed by atoms with van der Waals surface area (Å²) in [6.07, 6.45) is 0. The number of aromatic nitrogens is 1. The van der Waals surface area contributed by atoms with Gasteiger partial charge in [0.25, 0.3) is 5.91 Å². The maximum absolute atomic E-state index is 12.2. The van der Waals surface area contributed by atoms with Crippen molar-refractivity contribution in [3.63, 3.8) is 0 Å². The summed E-state index contributed by atoms with van der Waals surface area (Å²) in [6.45, 7) is 0. The molecule has 0 radical (unpaired) electrons. The highest BCUT2D eigenvalue weighted by molar-refractivity contribution is 7.20. The SMILES string of the molecule is O=C(Nc1nc(-c2cc(Cl)sc2Cl)cs1)c1cc(Cl)cc(Cl)c1. The lowest BCUT2D eigenvalue weighted by atomic mass is 10.2. The van der Waals surface area contributed by atoms with Gasteiger partial charge in [0.1, 0.15) is 4.34 Å². The largest absolute Gasteiger partial charge is 0.298 e. The number of nitrogens with one attached hydrogen (secondary N) is 1. The van der Waals surface area contributed by atoms with Gasteiger partial charge in [-0.2, -0.15) is 0 Å². The predicted molar refractivity (Wildman–Crippen MR) is 99.9 cm³/mol. The van der Waals surface area contributed by atoms with Crippen LogP contribution in [0.1, 0.15) is 10.4 Å². The fourth-order valence-electron chi connectivity index (χ4n) is 1.82. The average Bonchev–Trinajstić information content (AvgIpc) is 3.04. The first kappa shape index (κ1) is 17.0. The summed E-state index contributed by atoms with van der Waals surface area (Å²) in [7, 11) is 0. The molecule has 0 fully saturated rings. The Morgan fingerprint density at radius 3 is 2.35 bits per heavy atom. The Bertz CT molecular complexity index is 871. The summed E-state index contributed by atoms with van der Waals surface area (Å²) in [6, 6.07) is 6.37. The third-order valence-corrected chi connectivity index (χ3v) is 5.46. The van der Waals surface area contributed by atoms with Crippen molar-refractivity contribution >= 4 is 80.1 Å². The molecule has 3 aromatic rings. The lowest BCUT2D eigenvalue weighted by molar-refractivity contribution is 0.102. The van der Waals surface area contributed by atoms with Gasteiger partial charge in [0.15, 0.2) is 5.13 Å². The zero-order valence-electron chi connectivity index (χ0n) is 11.1. The summed E-state index contributed by atoms with van der Waals surface area (Å²) in [5.74, 6) is -0.343. The molecule has 0 aliphatic carbocycles. The van der Waals surface area contributed by atoms with Crippen LogP contribution in [-0.2, 0) is 0 Å². The Kier molecular flexibility index (Phi) is 5.16. The van der Waals surface area contributed by atoms with Crippen LogP contribution in [0.4, 0.5) is 5.13 Å². The highest BCUT2D eigenvalue weighted by atomic mass is 35.5. The molecule has 9 heteroatoms. The molecule has 0 saturated heterocycles. The molecule has 118 valence electrons. The third-order valence-electron chi connectivity index (χ3n) is 2.78. The summed E-state index contributed by atoms with van der Waals surface area (Å²) >= 11 is 26.4. The Balaban J connectivity index is 1.81. The number of benzene rings is 1. The van der Waals surface area contributed by atoms with Crippen LogP contribution in [0, 0.1) is 0 Å². The fourth-order valence-corrected chi connectivity index (χ4v) is 4.54. The van der Waals surface area contributed by atoms with E-state index in [4.69, 9.17) is 46.4 Å². The van der Waals surface area contributed by atoms with Crippen LogP contribution in [0.15, 0.2) is 29.6 Å². The molecule has 0 unspecified atom stereocenters. The summed E-state index contributed by atoms with van der Waals surface area (Å²) in [5, 5.41) is 5.73. The minimum absolute atomic E-state index is 0.343. The first-order valence-corrected chi connectivity index (χ1v) is 9.31. The number of hydrogen-bond donors (Lipinski definition) is 1. The van der Waals surface area contributed by atoms with Gasteiger partial charge in [-0.3, -0.25) is 10.1 Å². The molecule has 2 heterocycles. The summed E-state index contributed by atoms with van der Waals surface area (Å²) in [4.78, 5) is 16.6. The molecule has 0 saturated carbocycles. The first-order chi connectivity index (χ1) is 10.9. The van der Waals surface area contributed by atoms with E-state index in [2.05, 4.69) is 10.3 Å². The lowest BCUT2D eigenvalue weighted by Crippen LogP contribution is -2.11. The van der Waals surface area contributed by atoms with E-state index in [1.165, 1.54) is 34.8 Å². The Labute approximate surface area is 159 Å². The van der Waals surface area contributed by atoms with Crippen molar-refractivity contribution in [3.8, 4) is 11.3 Å². The van der Waals surface area contributed by atoms with E-state index in [0.717, 1.165) is 5.56 Å². The number of hydrogen-bond acceptors (Lipinski definition) is 4. The van der Waals surface area contributed by atoms with Crippen molar-refractivity contribution < 1.29 is 4.79 Å². The van der Waals surface area contributed by atoms with Crippen molar-refractivity contribution in [3.05, 3.63) is 53.9 Å². The second-order valence-corrected chi connectivity index (χ2v) is 8.40. The maximum Gasteiger partial charge on any atom is 0.257 e. The minimum Gasteiger partial charge on any atom is -0.298 e. The molecule has 0 aliphatic heterocycles. The van der Waals surface area contributed by atoms with Crippen LogP contribution in [0.5, 0.6) is 0 Å². The van der Waals surface area contributed by atoms with E-state index in [1.807, 2.05) is 0 Å². The van der Waals surface area contributed by atoms with Crippen molar-refractivity contribution in [2.45, 2.75) is 0 Å². The number of amides is 1. The third kappa shape index (κ3) is 3.99. The van der Waals surface area contributed by atoms with Gasteiger partial charge in [-0.05, 0) is 24.3 Å². The average molecular weight is 424 g/mol. The van der Waals surface area contributed by atoms with Gasteiger partial charge in [0.2, 0.25) is 0 Å². The summed E-state index contributed by atoms with van der Waals surface area (Å²) < 4.78 is 1.14. The van der Waals surface area contributed by atoms with Crippen LogP contribution in [0.2, 0.25) is 18.7 Å². The normalized spacial score (nSPS) is 10.8. The predicted octanol–water partition coefficient (Wildman–Crippen LogP) is 6.74. The summed E-state index contributed by atoms with van der Waals surface area (Å²) in [5.41, 5.74) is 1.75. The van der Waals surface area contributed by atoms with Crippen molar-refractivity contribution in [1.29, 1.82) is 0 Å². The number of anilines is 1.